The molecule has 4 atom stereocenters. The number of nitrogens with one attached hydrogen (secondary N) is 1. The molecule has 0 unspecified atom stereocenters. The van der Waals surface area contributed by atoms with E-state index in [1.807, 2.05) is 32.0 Å². The highest BCUT2D eigenvalue weighted by Gasteiger charge is 2.35. The van der Waals surface area contributed by atoms with Gasteiger partial charge < -0.3 is 10.4 Å². The Morgan fingerprint density at radius 1 is 1.11 bits per heavy atom. The predicted octanol–water partition coefficient (Wildman–Crippen LogP) is 6.16. The molecular formula is C26H29F2N5O2. The lowest BCUT2D eigenvalue weighted by Gasteiger charge is -2.34. The van der Waals surface area contributed by atoms with Gasteiger partial charge in [-0.15, -0.1) is 0 Å². The van der Waals surface area contributed by atoms with E-state index in [1.54, 1.807) is 12.4 Å². The first-order valence-corrected chi connectivity index (χ1v) is 11.8. The van der Waals surface area contributed by atoms with Crippen molar-refractivity contribution < 1.29 is 18.7 Å². The second kappa shape index (κ2) is 10.4. The third kappa shape index (κ3) is 5.78. The fourth-order valence-corrected chi connectivity index (χ4v) is 4.90. The number of benzene rings is 1. The number of hydrogen-bond acceptors (Lipinski definition) is 6. The first kappa shape index (κ1) is 24.6. The zero-order valence-corrected chi connectivity index (χ0v) is 19.9. The van der Waals surface area contributed by atoms with Crippen LogP contribution in [-0.2, 0) is 4.79 Å². The van der Waals surface area contributed by atoms with E-state index in [9.17, 15) is 18.7 Å². The van der Waals surface area contributed by atoms with Gasteiger partial charge in [0.25, 0.3) is 6.43 Å². The number of nitrogens with zero attached hydrogens (tertiary/aromatic N) is 4. The average Bonchev–Trinajstić information content (AvgIpc) is 2.83. The van der Waals surface area contributed by atoms with Crippen LogP contribution in [0.4, 0.5) is 20.4 Å². The van der Waals surface area contributed by atoms with Crippen molar-refractivity contribution in [3.63, 3.8) is 0 Å². The highest BCUT2D eigenvalue weighted by molar-refractivity contribution is 5.71. The number of anilines is 2. The Labute approximate surface area is 203 Å². The molecule has 4 rings (SSSR count). The van der Waals surface area contributed by atoms with Crippen molar-refractivity contribution in [2.45, 2.75) is 52.4 Å². The molecule has 35 heavy (non-hydrogen) atoms. The molecule has 3 aromatic rings. The Morgan fingerprint density at radius 2 is 1.86 bits per heavy atom. The van der Waals surface area contributed by atoms with Gasteiger partial charge in [0.2, 0.25) is 5.95 Å². The van der Waals surface area contributed by atoms with E-state index in [0.717, 1.165) is 35.4 Å². The van der Waals surface area contributed by atoms with Crippen LogP contribution in [0.2, 0.25) is 0 Å². The fraction of sp³-hybridized carbons (Fsp3) is 0.423. The molecule has 0 spiro atoms. The lowest BCUT2D eigenvalue weighted by Crippen LogP contribution is -2.31. The Kier molecular flexibility index (Phi) is 7.33. The molecule has 9 heteroatoms. The van der Waals surface area contributed by atoms with Gasteiger partial charge in [0.05, 0.1) is 5.92 Å². The fourth-order valence-electron chi connectivity index (χ4n) is 4.90. The van der Waals surface area contributed by atoms with Gasteiger partial charge in [0, 0.05) is 35.8 Å². The topological polar surface area (TPSA) is 101 Å². The number of rotatable bonds is 7. The maximum atomic E-state index is 13.0. The molecule has 2 aromatic heterocycles. The number of hydrogen-bond donors (Lipinski definition) is 2. The number of aliphatic carboxylic acids is 1. The summed E-state index contributed by atoms with van der Waals surface area (Å²) in [4.78, 5) is 28.6. The van der Waals surface area contributed by atoms with Crippen molar-refractivity contribution in [3.05, 3.63) is 59.9 Å². The summed E-state index contributed by atoms with van der Waals surface area (Å²) in [5.41, 5.74) is 3.02. The molecule has 0 amide bonds. The number of alkyl halides is 2. The second-order valence-corrected chi connectivity index (χ2v) is 9.43. The Balaban J connectivity index is 1.49. The summed E-state index contributed by atoms with van der Waals surface area (Å²) in [6, 6.07) is 6.95. The van der Waals surface area contributed by atoms with Crippen LogP contribution >= 0.6 is 0 Å². The number of carboxylic acids is 1. The molecule has 0 aliphatic heterocycles. The molecule has 2 N–H and O–H groups in total. The number of halogens is 2. The van der Waals surface area contributed by atoms with Crippen LogP contribution in [0, 0.1) is 24.7 Å². The Bertz CT molecular complexity index is 1190. The first-order chi connectivity index (χ1) is 16.7. The van der Waals surface area contributed by atoms with E-state index in [0.29, 0.717) is 18.0 Å². The van der Waals surface area contributed by atoms with Crippen molar-refractivity contribution in [2.24, 2.45) is 17.8 Å². The van der Waals surface area contributed by atoms with Crippen molar-refractivity contribution in [2.75, 3.05) is 5.32 Å². The van der Waals surface area contributed by atoms with Crippen LogP contribution in [0.15, 0.2) is 42.9 Å². The zero-order valence-electron chi connectivity index (χ0n) is 19.9. The summed E-state index contributed by atoms with van der Waals surface area (Å²) in [5, 5.41) is 12.4. The van der Waals surface area contributed by atoms with Gasteiger partial charge in [-0.1, -0.05) is 19.9 Å². The SMILES string of the molecule is Cc1cc(Nc2nccc(C(F)F)n2)cc(-c2cnc([C@@H](C)[C@@H]3CC[C@@H](C(=O)O)[C@@H](C)C3)nc2)c1. The molecule has 1 aliphatic rings. The lowest BCUT2D eigenvalue weighted by atomic mass is 9.71. The molecule has 1 aromatic carbocycles. The normalized spacial score (nSPS) is 21.0. The monoisotopic (exact) mass is 481 g/mol. The second-order valence-electron chi connectivity index (χ2n) is 9.43. The number of aromatic nitrogens is 4. The maximum Gasteiger partial charge on any atom is 0.306 e. The maximum absolute atomic E-state index is 13.0. The highest BCUT2D eigenvalue weighted by Crippen LogP contribution is 2.40. The first-order valence-electron chi connectivity index (χ1n) is 11.8. The van der Waals surface area contributed by atoms with Gasteiger partial charge in [-0.2, -0.15) is 0 Å². The minimum Gasteiger partial charge on any atom is -0.481 e. The van der Waals surface area contributed by atoms with E-state index in [4.69, 9.17) is 0 Å². The van der Waals surface area contributed by atoms with Crippen molar-refractivity contribution >= 4 is 17.6 Å². The summed E-state index contributed by atoms with van der Waals surface area (Å²) < 4.78 is 25.9. The quantitative estimate of drug-likeness (QED) is 0.416. The summed E-state index contributed by atoms with van der Waals surface area (Å²) in [6.45, 7) is 6.06. The third-order valence-electron chi connectivity index (χ3n) is 6.88. The van der Waals surface area contributed by atoms with Crippen molar-refractivity contribution in [1.29, 1.82) is 0 Å². The van der Waals surface area contributed by atoms with Crippen LogP contribution in [0.25, 0.3) is 11.1 Å². The number of aryl methyl sites for hydroxylation is 1. The van der Waals surface area contributed by atoms with E-state index >= 15 is 0 Å². The molecule has 0 radical (unpaired) electrons. The summed E-state index contributed by atoms with van der Waals surface area (Å²) in [6.07, 6.45) is 4.61. The molecule has 7 nitrogen and oxygen atoms in total. The van der Waals surface area contributed by atoms with Crippen LogP contribution < -0.4 is 5.32 Å². The standard InChI is InChI=1S/C26H29F2N5O2/c1-14-8-18(11-20(9-14)32-26-29-7-6-22(33-26)23(27)28)19-12-30-24(31-13-19)16(3)17-4-5-21(25(34)35)15(2)10-17/h6-9,11-13,15-17,21,23H,4-5,10H2,1-3H3,(H,34,35)(H,29,32,33)/t15-,16-,17+,21+/m0/s1. The average molecular weight is 482 g/mol. The summed E-state index contributed by atoms with van der Waals surface area (Å²) >= 11 is 0. The van der Waals surface area contributed by atoms with Gasteiger partial charge in [0.1, 0.15) is 11.5 Å². The van der Waals surface area contributed by atoms with E-state index < -0.39 is 12.4 Å². The summed E-state index contributed by atoms with van der Waals surface area (Å²) in [7, 11) is 0. The lowest BCUT2D eigenvalue weighted by molar-refractivity contribution is -0.145. The molecular weight excluding hydrogens is 452 g/mol. The molecule has 1 aliphatic carbocycles. The van der Waals surface area contributed by atoms with Crippen molar-refractivity contribution in [3.8, 4) is 11.1 Å². The summed E-state index contributed by atoms with van der Waals surface area (Å²) in [5.74, 6) is 0.505. The molecule has 1 saturated carbocycles. The highest BCUT2D eigenvalue weighted by atomic mass is 19.3. The van der Waals surface area contributed by atoms with E-state index in [-0.39, 0.29) is 29.4 Å². The van der Waals surface area contributed by atoms with Crippen LogP contribution in [0.1, 0.15) is 62.5 Å². The Morgan fingerprint density at radius 3 is 2.51 bits per heavy atom. The van der Waals surface area contributed by atoms with Gasteiger partial charge in [-0.25, -0.2) is 28.7 Å². The molecule has 1 fully saturated rings. The molecule has 2 heterocycles. The minimum atomic E-state index is -2.67. The number of carbonyl (C=O) groups is 1. The van der Waals surface area contributed by atoms with Gasteiger partial charge >= 0.3 is 5.97 Å². The van der Waals surface area contributed by atoms with Gasteiger partial charge in [-0.05, 0) is 67.3 Å². The zero-order chi connectivity index (χ0) is 25.1. The predicted molar refractivity (Wildman–Crippen MR) is 129 cm³/mol. The van der Waals surface area contributed by atoms with Crippen molar-refractivity contribution in [1.82, 2.24) is 19.9 Å². The largest absolute Gasteiger partial charge is 0.481 e. The molecule has 0 saturated heterocycles. The van der Waals surface area contributed by atoms with E-state index in [2.05, 4.69) is 32.2 Å². The third-order valence-corrected chi connectivity index (χ3v) is 6.88. The minimum absolute atomic E-state index is 0.103. The molecule has 184 valence electrons. The smallest absolute Gasteiger partial charge is 0.306 e. The Hall–Kier alpha value is -3.49. The van der Waals surface area contributed by atoms with Gasteiger partial charge in [-0.3, -0.25) is 4.79 Å². The van der Waals surface area contributed by atoms with Crippen LogP contribution in [0.3, 0.4) is 0 Å². The van der Waals surface area contributed by atoms with E-state index in [1.165, 1.54) is 12.3 Å². The van der Waals surface area contributed by atoms with Gasteiger partial charge in [0.15, 0.2) is 0 Å². The van der Waals surface area contributed by atoms with Crippen LogP contribution in [0.5, 0.6) is 0 Å². The molecule has 0 bridgehead atoms. The number of carboxylic acid groups (broad SMARTS) is 1. The van der Waals surface area contributed by atoms with Crippen LogP contribution in [-0.4, -0.2) is 31.0 Å².